The van der Waals surface area contributed by atoms with Crippen molar-refractivity contribution in [3.63, 3.8) is 0 Å². The van der Waals surface area contributed by atoms with Crippen molar-refractivity contribution in [2.45, 2.75) is 13.0 Å². The van der Waals surface area contributed by atoms with Crippen LogP contribution in [-0.4, -0.2) is 20.1 Å². The molecule has 0 aromatic heterocycles. The number of nitrogens with one attached hydrogen (secondary N) is 1. The van der Waals surface area contributed by atoms with E-state index in [0.717, 1.165) is 6.54 Å². The Morgan fingerprint density at radius 2 is 1.71 bits per heavy atom. The molecule has 1 N–H and O–H groups in total. The summed E-state index contributed by atoms with van der Waals surface area (Å²) >= 11 is 0. The third kappa shape index (κ3) is 7.61. The van der Waals surface area contributed by atoms with E-state index in [1.165, 1.54) is 5.56 Å². The zero-order valence-electron chi connectivity index (χ0n) is 8.01. The summed E-state index contributed by atoms with van der Waals surface area (Å²) in [6.45, 7) is -0.569. The monoisotopic (exact) mass is 205 g/mol. The van der Waals surface area contributed by atoms with Gasteiger partial charge in [0.25, 0.3) is 6.43 Å². The van der Waals surface area contributed by atoms with Crippen LogP contribution in [0.1, 0.15) is 5.56 Å². The van der Waals surface area contributed by atoms with Crippen LogP contribution in [-0.2, 0) is 6.54 Å². The van der Waals surface area contributed by atoms with Crippen molar-refractivity contribution in [2.24, 2.45) is 0 Å². The van der Waals surface area contributed by atoms with Gasteiger partial charge >= 0.3 is 0 Å². The third-order valence-corrected chi connectivity index (χ3v) is 1.34. The number of halogens is 3. The zero-order valence-corrected chi connectivity index (χ0v) is 8.01. The minimum absolute atomic E-state index is 0.959. The molecule has 1 rings (SSSR count). The number of alkyl halides is 3. The topological polar surface area (TPSA) is 12.0 Å². The predicted molar refractivity (Wildman–Crippen MR) is 51.2 cm³/mol. The lowest BCUT2D eigenvalue weighted by molar-refractivity contribution is 0.113. The van der Waals surface area contributed by atoms with Gasteiger partial charge in [0.2, 0.25) is 0 Å². The van der Waals surface area contributed by atoms with Gasteiger partial charge in [0.05, 0.1) is 0 Å². The molecule has 0 unspecified atom stereocenters. The second-order valence-electron chi connectivity index (χ2n) is 2.56. The minimum Gasteiger partial charge on any atom is -0.316 e. The average Bonchev–Trinajstić information content (AvgIpc) is 2.21. The lowest BCUT2D eigenvalue weighted by atomic mass is 10.2. The second-order valence-corrected chi connectivity index (χ2v) is 2.56. The highest BCUT2D eigenvalue weighted by molar-refractivity contribution is 5.13. The Labute approximate surface area is 81.9 Å². The summed E-state index contributed by atoms with van der Waals surface area (Å²) in [6.07, 6.45) is -2.78. The summed E-state index contributed by atoms with van der Waals surface area (Å²) in [4.78, 5) is 0. The molecule has 0 bridgehead atoms. The molecule has 80 valence electrons. The summed E-state index contributed by atoms with van der Waals surface area (Å²) in [6, 6.07) is 10.3. The molecule has 0 heterocycles. The van der Waals surface area contributed by atoms with E-state index in [0.29, 0.717) is 0 Å². The first-order valence-electron chi connectivity index (χ1n) is 4.23. The Hall–Kier alpha value is -1.03. The van der Waals surface area contributed by atoms with Gasteiger partial charge in [-0.25, -0.2) is 13.2 Å². The van der Waals surface area contributed by atoms with Gasteiger partial charge in [-0.1, -0.05) is 30.3 Å². The van der Waals surface area contributed by atoms with Crippen LogP contribution in [0.4, 0.5) is 13.2 Å². The maximum Gasteiger partial charge on any atom is 0.266 e. The van der Waals surface area contributed by atoms with Gasteiger partial charge < -0.3 is 5.32 Å². The normalized spacial score (nSPS) is 9.50. The Balaban J connectivity index is 0.000000292. The third-order valence-electron chi connectivity index (χ3n) is 1.34. The lowest BCUT2D eigenvalue weighted by Gasteiger charge is -1.95. The van der Waals surface area contributed by atoms with Gasteiger partial charge in [0.1, 0.15) is 0 Å². The van der Waals surface area contributed by atoms with Crippen LogP contribution in [0.15, 0.2) is 30.3 Å². The van der Waals surface area contributed by atoms with Crippen LogP contribution in [0.2, 0.25) is 0 Å². The van der Waals surface area contributed by atoms with Crippen LogP contribution in [0.3, 0.4) is 0 Å². The lowest BCUT2D eigenvalue weighted by Crippen LogP contribution is -2.04. The summed E-state index contributed by atoms with van der Waals surface area (Å²) in [7, 11) is 1.95. The molecule has 0 amide bonds. The maximum atomic E-state index is 10.4. The number of rotatable bonds is 3. The predicted octanol–water partition coefficient (Wildman–Crippen LogP) is 2.63. The standard InChI is InChI=1S/C8H11N.C2H3F3/c1-9-7-8-5-3-2-4-6-8;3-1-2(4)5/h2-6,9H,7H2,1H3;2H,1H2. The fourth-order valence-electron chi connectivity index (χ4n) is 0.800. The highest BCUT2D eigenvalue weighted by Crippen LogP contribution is 1.95. The van der Waals surface area contributed by atoms with E-state index in [-0.39, 0.29) is 0 Å². The van der Waals surface area contributed by atoms with E-state index in [1.54, 1.807) is 0 Å². The minimum atomic E-state index is -2.78. The molecule has 1 aromatic rings. The zero-order chi connectivity index (χ0) is 10.8. The smallest absolute Gasteiger partial charge is 0.266 e. The second kappa shape index (κ2) is 8.56. The molecule has 0 aliphatic rings. The molecule has 0 radical (unpaired) electrons. The van der Waals surface area contributed by atoms with Gasteiger partial charge in [-0.2, -0.15) is 0 Å². The first kappa shape index (κ1) is 13.0. The molecule has 0 saturated carbocycles. The van der Waals surface area contributed by atoms with Gasteiger partial charge in [0, 0.05) is 6.54 Å². The molecule has 0 saturated heterocycles. The Bertz CT molecular complexity index is 214. The van der Waals surface area contributed by atoms with Crippen molar-refractivity contribution >= 4 is 0 Å². The van der Waals surface area contributed by atoms with Crippen LogP contribution < -0.4 is 5.32 Å². The van der Waals surface area contributed by atoms with Gasteiger partial charge in [0.15, 0.2) is 6.67 Å². The first-order valence-corrected chi connectivity index (χ1v) is 4.23. The van der Waals surface area contributed by atoms with E-state index in [9.17, 15) is 13.2 Å². The van der Waals surface area contributed by atoms with Crippen molar-refractivity contribution in [2.75, 3.05) is 13.7 Å². The molecule has 0 fully saturated rings. The van der Waals surface area contributed by atoms with Crippen LogP contribution >= 0.6 is 0 Å². The molecular weight excluding hydrogens is 191 g/mol. The van der Waals surface area contributed by atoms with Crippen LogP contribution in [0.25, 0.3) is 0 Å². The van der Waals surface area contributed by atoms with E-state index in [1.807, 2.05) is 25.2 Å². The molecule has 1 aromatic carbocycles. The highest BCUT2D eigenvalue weighted by Gasteiger charge is 1.95. The van der Waals surface area contributed by atoms with Crippen LogP contribution in [0.5, 0.6) is 0 Å². The highest BCUT2D eigenvalue weighted by atomic mass is 19.3. The van der Waals surface area contributed by atoms with E-state index >= 15 is 0 Å². The van der Waals surface area contributed by atoms with Gasteiger partial charge in [-0.15, -0.1) is 0 Å². The molecular formula is C10H14F3N. The Morgan fingerprint density at radius 1 is 1.21 bits per heavy atom. The molecule has 4 heteroatoms. The van der Waals surface area contributed by atoms with Crippen molar-refractivity contribution in [3.8, 4) is 0 Å². The Kier molecular flexibility index (Phi) is 7.93. The fourth-order valence-corrected chi connectivity index (χ4v) is 0.800. The fraction of sp³-hybridized carbons (Fsp3) is 0.400. The van der Waals surface area contributed by atoms with Crippen molar-refractivity contribution in [1.82, 2.24) is 5.32 Å². The summed E-state index contributed by atoms with van der Waals surface area (Å²) in [5.41, 5.74) is 1.33. The van der Waals surface area contributed by atoms with E-state index in [2.05, 4.69) is 17.4 Å². The van der Waals surface area contributed by atoms with E-state index in [4.69, 9.17) is 0 Å². The average molecular weight is 205 g/mol. The molecule has 0 aliphatic heterocycles. The number of benzene rings is 1. The van der Waals surface area contributed by atoms with Crippen molar-refractivity contribution in [1.29, 1.82) is 0 Å². The van der Waals surface area contributed by atoms with Crippen molar-refractivity contribution in [3.05, 3.63) is 35.9 Å². The number of hydrogen-bond acceptors (Lipinski definition) is 1. The maximum absolute atomic E-state index is 10.4. The summed E-state index contributed by atoms with van der Waals surface area (Å²) in [5, 5.41) is 3.08. The molecule has 0 atom stereocenters. The largest absolute Gasteiger partial charge is 0.316 e. The SMILES string of the molecule is CNCc1ccccc1.FCC(F)F. The first-order chi connectivity index (χ1) is 6.70. The Morgan fingerprint density at radius 3 is 2.07 bits per heavy atom. The van der Waals surface area contributed by atoms with E-state index < -0.39 is 13.1 Å². The molecule has 1 nitrogen and oxygen atoms in total. The molecule has 0 spiro atoms. The van der Waals surface area contributed by atoms with Crippen molar-refractivity contribution < 1.29 is 13.2 Å². The van der Waals surface area contributed by atoms with Crippen LogP contribution in [0, 0.1) is 0 Å². The quantitative estimate of drug-likeness (QED) is 0.799. The molecule has 14 heavy (non-hydrogen) atoms. The summed E-state index contributed by atoms with van der Waals surface area (Å²) in [5.74, 6) is 0. The van der Waals surface area contributed by atoms with Gasteiger partial charge in [-0.05, 0) is 12.6 Å². The number of hydrogen-bond donors (Lipinski definition) is 1. The van der Waals surface area contributed by atoms with Gasteiger partial charge in [-0.3, -0.25) is 0 Å². The molecule has 0 aliphatic carbocycles. The summed E-state index contributed by atoms with van der Waals surface area (Å²) < 4.78 is 31.1.